The van der Waals surface area contributed by atoms with Crippen LogP contribution in [0.3, 0.4) is 0 Å². The second-order valence-corrected chi connectivity index (χ2v) is 7.30. The van der Waals surface area contributed by atoms with Crippen LogP contribution < -0.4 is 5.32 Å². The van der Waals surface area contributed by atoms with Gasteiger partial charge >= 0.3 is 0 Å². The van der Waals surface area contributed by atoms with Crippen LogP contribution in [0.15, 0.2) is 12.3 Å². The molecule has 3 rings (SSSR count). The predicted molar refractivity (Wildman–Crippen MR) is 106 cm³/mol. The second kappa shape index (κ2) is 10.4. The number of hydrogen-bond donors (Lipinski definition) is 1. The summed E-state index contributed by atoms with van der Waals surface area (Å²) < 4.78 is 1.97. The van der Waals surface area contributed by atoms with Crippen LogP contribution in [-0.2, 0) is 11.8 Å². The van der Waals surface area contributed by atoms with E-state index in [9.17, 15) is 4.79 Å². The fourth-order valence-electron chi connectivity index (χ4n) is 4.19. The Balaban J connectivity index is 0.00000156. The largest absolute Gasteiger partial charge is 0.343 e. The van der Waals surface area contributed by atoms with Crippen LogP contribution in [0.4, 0.5) is 0 Å². The summed E-state index contributed by atoms with van der Waals surface area (Å²) >= 11 is 0. The minimum atomic E-state index is 0. The zero-order valence-corrected chi connectivity index (χ0v) is 17.0. The number of halogens is 2. The third-order valence-corrected chi connectivity index (χ3v) is 5.81. The molecule has 1 amide bonds. The quantitative estimate of drug-likeness (QED) is 0.859. The van der Waals surface area contributed by atoms with E-state index in [1.807, 2.05) is 17.9 Å². The molecule has 2 aliphatic rings. The molecule has 144 valence electrons. The number of amides is 1. The summed E-state index contributed by atoms with van der Waals surface area (Å²) in [6.07, 6.45) is 7.16. The zero-order valence-electron chi connectivity index (χ0n) is 15.3. The highest BCUT2D eigenvalue weighted by atomic mass is 35.5. The number of aromatic nitrogens is 2. The molecule has 3 heterocycles. The Bertz CT molecular complexity index is 523. The molecule has 5 nitrogen and oxygen atoms in total. The van der Waals surface area contributed by atoms with Gasteiger partial charge in [0, 0.05) is 44.4 Å². The summed E-state index contributed by atoms with van der Waals surface area (Å²) in [5.41, 5.74) is 1.31. The first-order valence-corrected chi connectivity index (χ1v) is 9.11. The maximum atomic E-state index is 12.6. The smallest absolute Gasteiger partial charge is 0.222 e. The van der Waals surface area contributed by atoms with Crippen molar-refractivity contribution in [3.63, 3.8) is 0 Å². The van der Waals surface area contributed by atoms with Gasteiger partial charge in [-0.05, 0) is 56.7 Å². The number of piperidine rings is 2. The van der Waals surface area contributed by atoms with E-state index in [1.165, 1.54) is 18.5 Å². The minimum absolute atomic E-state index is 0. The molecule has 2 saturated heterocycles. The van der Waals surface area contributed by atoms with Crippen molar-refractivity contribution >= 4 is 30.7 Å². The van der Waals surface area contributed by atoms with Crippen molar-refractivity contribution in [1.82, 2.24) is 20.0 Å². The van der Waals surface area contributed by atoms with E-state index in [4.69, 9.17) is 0 Å². The first-order valence-electron chi connectivity index (χ1n) is 9.11. The lowest BCUT2D eigenvalue weighted by Gasteiger charge is -2.34. The first kappa shape index (κ1) is 22.3. The lowest BCUT2D eigenvalue weighted by molar-refractivity contribution is -0.133. The molecule has 0 bridgehead atoms. The summed E-state index contributed by atoms with van der Waals surface area (Å²) in [5.74, 6) is 2.14. The van der Waals surface area contributed by atoms with E-state index in [-0.39, 0.29) is 24.8 Å². The van der Waals surface area contributed by atoms with Crippen LogP contribution >= 0.6 is 24.8 Å². The van der Waals surface area contributed by atoms with Gasteiger partial charge in [-0.15, -0.1) is 24.8 Å². The number of carbonyl (C=O) groups is 1. The van der Waals surface area contributed by atoms with Crippen molar-refractivity contribution in [2.75, 3.05) is 26.2 Å². The molecule has 1 atom stereocenters. The Labute approximate surface area is 163 Å². The Morgan fingerprint density at radius 2 is 1.88 bits per heavy atom. The molecule has 0 aliphatic carbocycles. The van der Waals surface area contributed by atoms with E-state index >= 15 is 0 Å². The SMILES string of the molecule is CC(CC(=O)N1CCC(c2ccnn2C)CC1)C1CCNCC1.Cl.Cl. The molecule has 0 aromatic carbocycles. The summed E-state index contributed by atoms with van der Waals surface area (Å²) in [4.78, 5) is 14.7. The Morgan fingerprint density at radius 3 is 2.44 bits per heavy atom. The number of likely N-dealkylation sites (tertiary alicyclic amines) is 1. The fourth-order valence-corrected chi connectivity index (χ4v) is 4.19. The van der Waals surface area contributed by atoms with Gasteiger partial charge in [0.15, 0.2) is 0 Å². The maximum Gasteiger partial charge on any atom is 0.222 e. The molecule has 1 aromatic rings. The molecule has 7 heteroatoms. The Kier molecular flexibility index (Phi) is 9.25. The molecule has 25 heavy (non-hydrogen) atoms. The first-order chi connectivity index (χ1) is 11.1. The molecule has 2 fully saturated rings. The average molecular weight is 391 g/mol. The second-order valence-electron chi connectivity index (χ2n) is 7.30. The summed E-state index contributed by atoms with van der Waals surface area (Å²) in [7, 11) is 2.01. The standard InChI is InChI=1S/C18H30N4O.2ClH/c1-14(15-3-8-19-9-4-15)13-18(23)22-11-6-16(7-12-22)17-5-10-20-21(17)2;;/h5,10,14-16,19H,3-4,6-9,11-13H2,1-2H3;2*1H. The van der Waals surface area contributed by atoms with Gasteiger partial charge in [0.1, 0.15) is 0 Å². The molecule has 0 saturated carbocycles. The summed E-state index contributed by atoms with van der Waals surface area (Å²) in [6, 6.07) is 2.11. The van der Waals surface area contributed by atoms with Crippen molar-refractivity contribution in [3.05, 3.63) is 18.0 Å². The molecule has 0 spiro atoms. The van der Waals surface area contributed by atoms with Crippen LogP contribution in [0.2, 0.25) is 0 Å². The molecule has 2 aliphatic heterocycles. The van der Waals surface area contributed by atoms with Crippen LogP contribution in [0, 0.1) is 11.8 Å². The van der Waals surface area contributed by atoms with Gasteiger partial charge < -0.3 is 10.2 Å². The summed E-state index contributed by atoms with van der Waals surface area (Å²) in [6.45, 7) is 6.27. The van der Waals surface area contributed by atoms with Crippen molar-refractivity contribution in [2.24, 2.45) is 18.9 Å². The monoisotopic (exact) mass is 390 g/mol. The molecular formula is C18H32Cl2N4O. The number of aryl methyl sites for hydroxylation is 1. The van der Waals surface area contributed by atoms with E-state index in [0.717, 1.165) is 45.4 Å². The number of nitrogens with one attached hydrogen (secondary N) is 1. The van der Waals surface area contributed by atoms with Gasteiger partial charge in [0.05, 0.1) is 0 Å². The predicted octanol–water partition coefficient (Wildman–Crippen LogP) is 3.00. The van der Waals surface area contributed by atoms with E-state index in [2.05, 4.69) is 28.3 Å². The van der Waals surface area contributed by atoms with Crippen LogP contribution in [0.25, 0.3) is 0 Å². The minimum Gasteiger partial charge on any atom is -0.343 e. The topological polar surface area (TPSA) is 50.2 Å². The van der Waals surface area contributed by atoms with Crippen molar-refractivity contribution < 1.29 is 4.79 Å². The average Bonchev–Trinajstić information content (AvgIpc) is 3.02. The fraction of sp³-hybridized carbons (Fsp3) is 0.778. The van der Waals surface area contributed by atoms with Gasteiger partial charge in [-0.25, -0.2) is 0 Å². The van der Waals surface area contributed by atoms with Crippen molar-refractivity contribution in [1.29, 1.82) is 0 Å². The van der Waals surface area contributed by atoms with Gasteiger partial charge in [-0.3, -0.25) is 9.48 Å². The van der Waals surface area contributed by atoms with E-state index in [0.29, 0.717) is 23.7 Å². The third kappa shape index (κ3) is 5.60. The van der Waals surface area contributed by atoms with Crippen molar-refractivity contribution in [3.8, 4) is 0 Å². The highest BCUT2D eigenvalue weighted by molar-refractivity contribution is 5.85. The molecular weight excluding hydrogens is 359 g/mol. The number of carbonyl (C=O) groups excluding carboxylic acids is 1. The van der Waals surface area contributed by atoms with Crippen LogP contribution in [0.5, 0.6) is 0 Å². The highest BCUT2D eigenvalue weighted by Crippen LogP contribution is 2.29. The number of hydrogen-bond acceptors (Lipinski definition) is 3. The van der Waals surface area contributed by atoms with Gasteiger partial charge in [0.2, 0.25) is 5.91 Å². The van der Waals surface area contributed by atoms with Crippen molar-refractivity contribution in [2.45, 2.75) is 44.9 Å². The number of rotatable bonds is 4. The molecule has 1 aromatic heterocycles. The Hall–Kier alpha value is -0.780. The van der Waals surface area contributed by atoms with E-state index in [1.54, 1.807) is 0 Å². The zero-order chi connectivity index (χ0) is 16.2. The van der Waals surface area contributed by atoms with E-state index < -0.39 is 0 Å². The van der Waals surface area contributed by atoms with Crippen LogP contribution in [0.1, 0.15) is 50.6 Å². The summed E-state index contributed by atoms with van der Waals surface area (Å²) in [5, 5.41) is 7.67. The maximum absolute atomic E-state index is 12.6. The lowest BCUT2D eigenvalue weighted by atomic mass is 9.83. The normalized spacial score (nSPS) is 20.5. The highest BCUT2D eigenvalue weighted by Gasteiger charge is 2.28. The molecule has 1 unspecified atom stereocenters. The third-order valence-electron chi connectivity index (χ3n) is 5.81. The Morgan fingerprint density at radius 1 is 1.24 bits per heavy atom. The molecule has 1 N–H and O–H groups in total. The molecule has 0 radical (unpaired) electrons. The van der Waals surface area contributed by atoms with Gasteiger partial charge in [-0.2, -0.15) is 5.10 Å². The lowest BCUT2D eigenvalue weighted by Crippen LogP contribution is -2.40. The van der Waals surface area contributed by atoms with Gasteiger partial charge in [0.25, 0.3) is 0 Å². The van der Waals surface area contributed by atoms with Crippen LogP contribution in [-0.4, -0.2) is 46.8 Å². The number of nitrogens with zero attached hydrogens (tertiary/aromatic N) is 3. The van der Waals surface area contributed by atoms with Gasteiger partial charge in [-0.1, -0.05) is 6.92 Å².